The molecular weight excluding hydrogens is 427 g/mol. The number of carbonyl (C=O) groups is 1. The van der Waals surface area contributed by atoms with Gasteiger partial charge in [-0.2, -0.15) is 0 Å². The van der Waals surface area contributed by atoms with Gasteiger partial charge >= 0.3 is 0 Å². The van der Waals surface area contributed by atoms with E-state index >= 15 is 0 Å². The lowest BCUT2D eigenvalue weighted by molar-refractivity contribution is -0.115. The number of fused-ring (bicyclic) bond motifs is 2. The van der Waals surface area contributed by atoms with Gasteiger partial charge < -0.3 is 15.7 Å². The Labute approximate surface area is 197 Å². The van der Waals surface area contributed by atoms with Crippen LogP contribution in [0.25, 0.3) is 21.5 Å². The Morgan fingerprint density at radius 3 is 2.33 bits per heavy atom. The number of rotatable bonds is 10. The Kier molecular flexibility index (Phi) is 8.06. The summed E-state index contributed by atoms with van der Waals surface area (Å²) in [6.45, 7) is 1.80. The summed E-state index contributed by atoms with van der Waals surface area (Å²) in [6.07, 6.45) is 2.86. The fraction of sp³-hybridized carbons (Fsp3) is 0.250. The normalized spacial score (nSPS) is 12.2. The smallest absolute Gasteiger partial charge is 0.235 e. The summed E-state index contributed by atoms with van der Waals surface area (Å²) < 4.78 is 0. The third kappa shape index (κ3) is 5.78. The summed E-state index contributed by atoms with van der Waals surface area (Å²) in [5, 5.41) is 20.1. The van der Waals surface area contributed by atoms with Crippen LogP contribution in [-0.4, -0.2) is 24.2 Å². The molecule has 2 atom stereocenters. The molecule has 0 heterocycles. The molecular formula is C28H31N2O2P. The van der Waals surface area contributed by atoms with E-state index in [2.05, 4.69) is 62.3 Å². The van der Waals surface area contributed by atoms with Crippen molar-refractivity contribution in [1.82, 2.24) is 5.32 Å². The minimum absolute atomic E-state index is 0.0455. The van der Waals surface area contributed by atoms with Crippen LogP contribution in [0.15, 0.2) is 78.9 Å². The van der Waals surface area contributed by atoms with Gasteiger partial charge in [0.05, 0.1) is 5.66 Å². The molecule has 1 amide bonds. The highest BCUT2D eigenvalue weighted by molar-refractivity contribution is 7.19. The molecule has 4 rings (SSSR count). The highest BCUT2D eigenvalue weighted by Crippen LogP contribution is 2.32. The van der Waals surface area contributed by atoms with Crippen LogP contribution < -0.4 is 10.6 Å². The fourth-order valence-electron chi connectivity index (χ4n) is 4.19. The summed E-state index contributed by atoms with van der Waals surface area (Å²) in [7, 11) is 2.71. The Morgan fingerprint density at radius 1 is 0.848 bits per heavy atom. The molecule has 4 nitrogen and oxygen atoms in total. The van der Waals surface area contributed by atoms with E-state index in [1.165, 1.54) is 0 Å². The molecule has 0 spiro atoms. The van der Waals surface area contributed by atoms with Crippen LogP contribution in [0.5, 0.6) is 0 Å². The third-order valence-electron chi connectivity index (χ3n) is 6.00. The average molecular weight is 459 g/mol. The number of anilines is 1. The standard InChI is InChI=1S/C28H31N2O2P/c31-16-7-1-6-15-29-19-23-17-21-10-2-3-11-22(21)18-26(23)30-28(32)27(33)25-14-8-12-20-9-4-5-13-24(20)25/h2-5,8-14,17-18,27,29,31H,1,6-7,15-16,19,33H2,(H,30,32). The van der Waals surface area contributed by atoms with E-state index in [-0.39, 0.29) is 18.2 Å². The zero-order valence-corrected chi connectivity index (χ0v) is 19.9. The molecule has 33 heavy (non-hydrogen) atoms. The van der Waals surface area contributed by atoms with Crippen molar-refractivity contribution in [2.24, 2.45) is 0 Å². The highest BCUT2D eigenvalue weighted by atomic mass is 31.0. The molecule has 170 valence electrons. The number of carbonyl (C=O) groups excluding carboxylic acids is 1. The number of hydrogen-bond acceptors (Lipinski definition) is 3. The van der Waals surface area contributed by atoms with Crippen LogP contribution in [0.3, 0.4) is 0 Å². The molecule has 0 aliphatic rings. The molecule has 5 heteroatoms. The van der Waals surface area contributed by atoms with E-state index in [0.717, 1.165) is 64.2 Å². The van der Waals surface area contributed by atoms with Crippen molar-refractivity contribution in [3.63, 3.8) is 0 Å². The van der Waals surface area contributed by atoms with Crippen molar-refractivity contribution in [3.05, 3.63) is 90.0 Å². The second-order valence-corrected chi connectivity index (χ2v) is 9.02. The number of unbranched alkanes of at least 4 members (excludes halogenated alkanes) is 2. The van der Waals surface area contributed by atoms with Crippen LogP contribution in [0.2, 0.25) is 0 Å². The van der Waals surface area contributed by atoms with E-state index < -0.39 is 0 Å². The zero-order valence-electron chi connectivity index (χ0n) is 18.8. The van der Waals surface area contributed by atoms with Crippen LogP contribution in [0.1, 0.15) is 36.0 Å². The summed E-state index contributed by atoms with van der Waals surface area (Å²) in [4.78, 5) is 13.3. The van der Waals surface area contributed by atoms with Gasteiger partial charge in [-0.1, -0.05) is 66.7 Å². The molecule has 0 radical (unpaired) electrons. The van der Waals surface area contributed by atoms with E-state index in [0.29, 0.717) is 6.54 Å². The van der Waals surface area contributed by atoms with Gasteiger partial charge in [0, 0.05) is 18.8 Å². The van der Waals surface area contributed by atoms with Gasteiger partial charge in [-0.15, -0.1) is 9.24 Å². The molecule has 2 unspecified atom stereocenters. The molecule has 0 aromatic heterocycles. The lowest BCUT2D eigenvalue weighted by atomic mass is 10.0. The summed E-state index contributed by atoms with van der Waals surface area (Å²) in [6, 6.07) is 26.7. The average Bonchev–Trinajstić information content (AvgIpc) is 2.85. The van der Waals surface area contributed by atoms with Gasteiger partial charge in [-0.05, 0) is 70.6 Å². The maximum absolute atomic E-state index is 13.3. The van der Waals surface area contributed by atoms with Gasteiger partial charge in [0.25, 0.3) is 0 Å². The molecule has 0 fully saturated rings. The number of amides is 1. The van der Waals surface area contributed by atoms with Crippen molar-refractivity contribution < 1.29 is 9.90 Å². The highest BCUT2D eigenvalue weighted by Gasteiger charge is 2.19. The summed E-state index contributed by atoms with van der Waals surface area (Å²) in [5.74, 6) is -0.0455. The lowest BCUT2D eigenvalue weighted by Gasteiger charge is -2.18. The number of benzene rings is 4. The molecule has 0 saturated carbocycles. The van der Waals surface area contributed by atoms with E-state index in [1.54, 1.807) is 0 Å². The van der Waals surface area contributed by atoms with Crippen molar-refractivity contribution in [2.75, 3.05) is 18.5 Å². The second kappa shape index (κ2) is 11.4. The van der Waals surface area contributed by atoms with Gasteiger partial charge in [-0.3, -0.25) is 4.79 Å². The number of aliphatic hydroxyl groups is 1. The maximum Gasteiger partial charge on any atom is 0.235 e. The van der Waals surface area contributed by atoms with Crippen LogP contribution in [0.4, 0.5) is 5.69 Å². The topological polar surface area (TPSA) is 61.4 Å². The first kappa shape index (κ1) is 23.4. The molecule has 4 aromatic carbocycles. The van der Waals surface area contributed by atoms with Crippen molar-refractivity contribution >= 4 is 42.4 Å². The molecule has 4 aromatic rings. The Hall–Kier alpha value is -2.78. The summed E-state index contributed by atoms with van der Waals surface area (Å²) >= 11 is 0. The van der Waals surface area contributed by atoms with Gasteiger partial charge in [0.2, 0.25) is 5.91 Å². The Bertz CT molecular complexity index is 1240. The second-order valence-electron chi connectivity index (χ2n) is 8.35. The fourth-order valence-corrected chi connectivity index (χ4v) is 4.56. The lowest BCUT2D eigenvalue weighted by Crippen LogP contribution is -2.20. The SMILES string of the molecule is O=C(Nc1cc2ccccc2cc1CNCCCCCO)C(P)c1cccc2ccccc12. The quantitative estimate of drug-likeness (QED) is 0.208. The number of aliphatic hydroxyl groups excluding tert-OH is 1. The van der Waals surface area contributed by atoms with Crippen molar-refractivity contribution in [3.8, 4) is 0 Å². The molecule has 0 saturated heterocycles. The number of nitrogens with one attached hydrogen (secondary N) is 2. The van der Waals surface area contributed by atoms with Crippen LogP contribution in [0, 0.1) is 0 Å². The molecule has 0 aliphatic heterocycles. The summed E-state index contributed by atoms with van der Waals surface area (Å²) in [5.41, 5.74) is 2.55. The van der Waals surface area contributed by atoms with Gasteiger partial charge in [0.15, 0.2) is 0 Å². The van der Waals surface area contributed by atoms with E-state index in [1.807, 2.05) is 36.4 Å². The minimum Gasteiger partial charge on any atom is -0.396 e. The van der Waals surface area contributed by atoms with E-state index in [4.69, 9.17) is 5.11 Å². The maximum atomic E-state index is 13.3. The third-order valence-corrected chi connectivity index (χ3v) is 6.66. The van der Waals surface area contributed by atoms with Crippen LogP contribution >= 0.6 is 9.24 Å². The predicted octanol–water partition coefficient (Wildman–Crippen LogP) is 5.80. The monoisotopic (exact) mass is 458 g/mol. The first-order valence-corrected chi connectivity index (χ1v) is 12.2. The number of hydrogen-bond donors (Lipinski definition) is 3. The van der Waals surface area contributed by atoms with Crippen molar-refractivity contribution in [2.45, 2.75) is 31.5 Å². The Balaban J connectivity index is 1.55. The Morgan fingerprint density at radius 2 is 1.55 bits per heavy atom. The first-order chi connectivity index (χ1) is 16.2. The van der Waals surface area contributed by atoms with Crippen molar-refractivity contribution in [1.29, 1.82) is 0 Å². The van der Waals surface area contributed by atoms with Crippen LogP contribution in [-0.2, 0) is 11.3 Å². The zero-order chi connectivity index (χ0) is 23.0. The molecule has 0 bridgehead atoms. The largest absolute Gasteiger partial charge is 0.396 e. The molecule has 0 aliphatic carbocycles. The first-order valence-electron chi connectivity index (χ1n) is 11.5. The van der Waals surface area contributed by atoms with Gasteiger partial charge in [0.1, 0.15) is 0 Å². The minimum atomic E-state index is -0.359. The predicted molar refractivity (Wildman–Crippen MR) is 142 cm³/mol. The molecule has 3 N–H and O–H groups in total. The van der Waals surface area contributed by atoms with Gasteiger partial charge in [-0.25, -0.2) is 0 Å². The van der Waals surface area contributed by atoms with E-state index in [9.17, 15) is 4.79 Å².